The zero-order chi connectivity index (χ0) is 13.4. The molecule has 0 amide bonds. The van der Waals surface area contributed by atoms with Gasteiger partial charge in [0.15, 0.2) is 5.16 Å². The molecular weight excluding hydrogens is 264 g/mol. The number of rotatable bonds is 5. The lowest BCUT2D eigenvalue weighted by atomic mass is 10.2. The van der Waals surface area contributed by atoms with E-state index < -0.39 is 0 Å². The van der Waals surface area contributed by atoms with Gasteiger partial charge in [-0.05, 0) is 12.8 Å². The van der Waals surface area contributed by atoms with Crippen molar-refractivity contribution in [2.75, 3.05) is 6.54 Å². The monoisotopic (exact) mass is 280 g/mol. The first-order valence-corrected chi connectivity index (χ1v) is 7.09. The lowest BCUT2D eigenvalue weighted by Gasteiger charge is -2.12. The number of nitrogens with one attached hydrogen (secondary N) is 1. The second-order valence-corrected chi connectivity index (χ2v) is 5.87. The van der Waals surface area contributed by atoms with E-state index in [1.54, 1.807) is 15.4 Å². The van der Waals surface area contributed by atoms with Crippen molar-refractivity contribution in [1.82, 2.24) is 24.5 Å². The van der Waals surface area contributed by atoms with Crippen LogP contribution < -0.4 is 11.4 Å². The maximum Gasteiger partial charge on any atom is 0.344 e. The molecule has 0 spiro atoms. The summed E-state index contributed by atoms with van der Waals surface area (Å²) in [6.45, 7) is 0.474. The zero-order valence-electron chi connectivity index (χ0n) is 10.6. The lowest BCUT2D eigenvalue weighted by molar-refractivity contribution is 0.641. The van der Waals surface area contributed by atoms with Crippen molar-refractivity contribution in [3.8, 4) is 0 Å². The molecule has 102 valence electrons. The predicted molar refractivity (Wildman–Crippen MR) is 72.0 cm³/mol. The minimum absolute atomic E-state index is 0.0569. The second kappa shape index (κ2) is 4.86. The van der Waals surface area contributed by atoms with Gasteiger partial charge in [0.1, 0.15) is 0 Å². The maximum atomic E-state index is 11.7. The first-order chi connectivity index (χ1) is 9.19. The Morgan fingerprint density at radius 3 is 3.00 bits per heavy atom. The molecule has 0 radical (unpaired) electrons. The summed E-state index contributed by atoms with van der Waals surface area (Å²) in [6.07, 6.45) is 5.84. The quantitative estimate of drug-likeness (QED) is 0.775. The summed E-state index contributed by atoms with van der Waals surface area (Å²) in [5.41, 5.74) is 6.74. The molecular formula is C11H16N6OS. The number of thioether (sulfide) groups is 1. The van der Waals surface area contributed by atoms with Gasteiger partial charge in [-0.25, -0.2) is 9.89 Å². The molecule has 3 rings (SSSR count). The first-order valence-electron chi connectivity index (χ1n) is 6.21. The van der Waals surface area contributed by atoms with E-state index >= 15 is 0 Å². The Labute approximate surface area is 114 Å². The Bertz CT molecular complexity index is 625. The fraction of sp³-hybridized carbons (Fsp3) is 0.545. The highest BCUT2D eigenvalue weighted by atomic mass is 32.2. The molecule has 0 saturated heterocycles. The van der Waals surface area contributed by atoms with E-state index in [-0.39, 0.29) is 10.9 Å². The molecule has 0 aliphatic heterocycles. The van der Waals surface area contributed by atoms with Crippen LogP contribution >= 0.6 is 11.8 Å². The molecule has 8 heteroatoms. The molecule has 19 heavy (non-hydrogen) atoms. The van der Waals surface area contributed by atoms with Gasteiger partial charge in [0.2, 0.25) is 0 Å². The zero-order valence-corrected chi connectivity index (χ0v) is 11.4. The van der Waals surface area contributed by atoms with Gasteiger partial charge in [0.05, 0.1) is 11.4 Å². The summed E-state index contributed by atoms with van der Waals surface area (Å²) < 4.78 is 3.49. The molecule has 1 fully saturated rings. The molecule has 7 nitrogen and oxygen atoms in total. The highest BCUT2D eigenvalue weighted by molar-refractivity contribution is 7.99. The highest BCUT2D eigenvalue weighted by Crippen LogP contribution is 2.39. The Hall–Kier alpha value is -1.54. The third-order valence-corrected chi connectivity index (χ3v) is 4.39. The van der Waals surface area contributed by atoms with Crippen molar-refractivity contribution < 1.29 is 0 Å². The van der Waals surface area contributed by atoms with Gasteiger partial charge < -0.3 is 5.73 Å². The average molecular weight is 280 g/mol. The fourth-order valence-electron chi connectivity index (χ4n) is 2.01. The van der Waals surface area contributed by atoms with E-state index in [0.29, 0.717) is 17.7 Å². The standard InChI is InChI=1S/C11H16N6OS/c1-16-6-7(5-13-16)9(4-12)19-11-15-14-10(18)17(11)8-2-3-8/h5-6,8-9H,2-4,12H2,1H3,(H,14,18). The van der Waals surface area contributed by atoms with Crippen LogP contribution in [-0.4, -0.2) is 31.1 Å². The van der Waals surface area contributed by atoms with Crippen molar-refractivity contribution in [3.63, 3.8) is 0 Å². The number of hydrogen-bond acceptors (Lipinski definition) is 5. The summed E-state index contributed by atoms with van der Waals surface area (Å²) in [5, 5.41) is 11.5. The number of aromatic nitrogens is 5. The molecule has 3 N–H and O–H groups in total. The molecule has 1 saturated carbocycles. The van der Waals surface area contributed by atoms with Crippen LogP contribution in [0.25, 0.3) is 0 Å². The molecule has 0 bridgehead atoms. The Morgan fingerprint density at radius 2 is 2.42 bits per heavy atom. The van der Waals surface area contributed by atoms with Crippen molar-refractivity contribution in [3.05, 3.63) is 28.4 Å². The van der Waals surface area contributed by atoms with Crippen molar-refractivity contribution in [2.45, 2.75) is 29.3 Å². The molecule has 2 aromatic rings. The van der Waals surface area contributed by atoms with E-state index in [2.05, 4.69) is 15.3 Å². The van der Waals surface area contributed by atoms with Gasteiger partial charge in [0, 0.05) is 31.4 Å². The van der Waals surface area contributed by atoms with Crippen LogP contribution in [0.5, 0.6) is 0 Å². The fourth-order valence-corrected chi connectivity index (χ4v) is 3.07. The summed E-state index contributed by atoms with van der Waals surface area (Å²) in [4.78, 5) is 11.7. The van der Waals surface area contributed by atoms with Crippen LogP contribution in [0.4, 0.5) is 0 Å². The van der Waals surface area contributed by atoms with Gasteiger partial charge in [-0.15, -0.1) is 5.10 Å². The third kappa shape index (κ3) is 2.45. The molecule has 1 atom stereocenters. The number of aryl methyl sites for hydroxylation is 1. The van der Waals surface area contributed by atoms with E-state index in [4.69, 9.17) is 5.73 Å². The molecule has 1 aliphatic carbocycles. The molecule has 2 heterocycles. The van der Waals surface area contributed by atoms with Crippen LogP contribution in [0.15, 0.2) is 22.3 Å². The van der Waals surface area contributed by atoms with Gasteiger partial charge >= 0.3 is 5.69 Å². The largest absolute Gasteiger partial charge is 0.344 e. The minimum Gasteiger partial charge on any atom is -0.329 e. The van der Waals surface area contributed by atoms with E-state index in [1.807, 2.05) is 13.2 Å². The molecule has 0 aromatic carbocycles. The summed E-state index contributed by atoms with van der Waals surface area (Å²) in [5.74, 6) is 0. The van der Waals surface area contributed by atoms with Crippen LogP contribution in [0.2, 0.25) is 0 Å². The molecule has 1 unspecified atom stereocenters. The van der Waals surface area contributed by atoms with E-state index in [1.165, 1.54) is 11.8 Å². The van der Waals surface area contributed by atoms with Crippen molar-refractivity contribution >= 4 is 11.8 Å². The normalized spacial score (nSPS) is 16.7. The van der Waals surface area contributed by atoms with E-state index in [0.717, 1.165) is 18.4 Å². The van der Waals surface area contributed by atoms with Crippen LogP contribution in [-0.2, 0) is 7.05 Å². The minimum atomic E-state index is -0.132. The van der Waals surface area contributed by atoms with Gasteiger partial charge in [-0.3, -0.25) is 9.25 Å². The number of nitrogens with zero attached hydrogens (tertiary/aromatic N) is 4. The Morgan fingerprint density at radius 1 is 1.63 bits per heavy atom. The first kappa shape index (κ1) is 12.5. The van der Waals surface area contributed by atoms with Crippen LogP contribution in [0, 0.1) is 0 Å². The second-order valence-electron chi connectivity index (χ2n) is 4.70. The third-order valence-electron chi connectivity index (χ3n) is 3.14. The number of nitrogens with two attached hydrogens (primary N) is 1. The number of aromatic amines is 1. The number of H-pyrrole nitrogens is 1. The number of hydrogen-bond donors (Lipinski definition) is 2. The topological polar surface area (TPSA) is 94.5 Å². The summed E-state index contributed by atoms with van der Waals surface area (Å²) >= 11 is 1.51. The van der Waals surface area contributed by atoms with E-state index in [9.17, 15) is 4.79 Å². The Kier molecular flexibility index (Phi) is 3.19. The maximum absolute atomic E-state index is 11.7. The van der Waals surface area contributed by atoms with Crippen LogP contribution in [0.3, 0.4) is 0 Å². The molecule has 1 aliphatic rings. The van der Waals surface area contributed by atoms with Gasteiger partial charge in [-0.1, -0.05) is 11.8 Å². The Balaban J connectivity index is 1.85. The van der Waals surface area contributed by atoms with Crippen LogP contribution in [0.1, 0.15) is 29.7 Å². The highest BCUT2D eigenvalue weighted by Gasteiger charge is 2.29. The van der Waals surface area contributed by atoms with Gasteiger partial charge in [-0.2, -0.15) is 5.10 Å². The van der Waals surface area contributed by atoms with Crippen molar-refractivity contribution in [2.24, 2.45) is 12.8 Å². The summed E-state index contributed by atoms with van der Waals surface area (Å²) in [6, 6.07) is 0.307. The van der Waals surface area contributed by atoms with Gasteiger partial charge in [0.25, 0.3) is 0 Å². The SMILES string of the molecule is Cn1cc(C(CN)Sc2n[nH]c(=O)n2C2CC2)cn1. The lowest BCUT2D eigenvalue weighted by Crippen LogP contribution is -2.17. The van der Waals surface area contributed by atoms with Crippen molar-refractivity contribution in [1.29, 1.82) is 0 Å². The predicted octanol–water partition coefficient (Wildman–Crippen LogP) is 0.432. The smallest absolute Gasteiger partial charge is 0.329 e. The average Bonchev–Trinajstić information content (AvgIpc) is 3.03. The summed E-state index contributed by atoms with van der Waals surface area (Å²) in [7, 11) is 1.87. The molecule has 2 aromatic heterocycles.